The third kappa shape index (κ3) is 5.70. The molecule has 2 aliphatic rings. The summed E-state index contributed by atoms with van der Waals surface area (Å²) in [4.78, 5) is 0. The van der Waals surface area contributed by atoms with E-state index in [4.69, 9.17) is 9.47 Å². The second-order valence-electron chi connectivity index (χ2n) is 9.83. The first-order chi connectivity index (χ1) is 16.5. The van der Waals surface area contributed by atoms with Gasteiger partial charge < -0.3 is 14.6 Å². The Balaban J connectivity index is 1.30. The maximum absolute atomic E-state index is 14.8. The van der Waals surface area contributed by atoms with Crippen LogP contribution >= 0.6 is 0 Å². The molecule has 3 nitrogen and oxygen atoms in total. The smallest absolute Gasteiger partial charge is 0.200 e. The summed E-state index contributed by atoms with van der Waals surface area (Å²) < 4.78 is 55.1. The van der Waals surface area contributed by atoms with Crippen LogP contribution in [0.4, 0.5) is 13.2 Å². The van der Waals surface area contributed by atoms with Crippen molar-refractivity contribution < 1.29 is 27.8 Å². The third-order valence-corrected chi connectivity index (χ3v) is 7.67. The number of rotatable bonds is 8. The lowest BCUT2D eigenvalue weighted by Crippen LogP contribution is -2.20. The fraction of sp³-hybridized carbons (Fsp3) is 0.571. The van der Waals surface area contributed by atoms with E-state index in [-0.39, 0.29) is 41.8 Å². The van der Waals surface area contributed by atoms with Crippen molar-refractivity contribution in [2.75, 3.05) is 19.8 Å². The molecule has 6 heteroatoms. The van der Waals surface area contributed by atoms with Crippen molar-refractivity contribution in [2.24, 2.45) is 11.8 Å². The standard InChI is InChI=1S/C28H35F3O3/c1-2-33-22-11-12-23(25(29)15-22)20-9-5-19(6-10-20)17-34-26-14-13-24(27(30)28(26)31)21-7-3-18(16-32)4-8-21/h11-15,18-21,32H,2-10,16-17H2,1H3. The van der Waals surface area contributed by atoms with Crippen molar-refractivity contribution in [1.82, 2.24) is 0 Å². The topological polar surface area (TPSA) is 38.7 Å². The molecule has 0 amide bonds. The van der Waals surface area contributed by atoms with Gasteiger partial charge in [0.2, 0.25) is 5.82 Å². The lowest BCUT2D eigenvalue weighted by Gasteiger charge is -2.29. The number of aliphatic hydroxyl groups is 1. The minimum Gasteiger partial charge on any atom is -0.494 e. The molecule has 2 aromatic rings. The third-order valence-electron chi connectivity index (χ3n) is 7.67. The number of aliphatic hydroxyl groups excluding tert-OH is 1. The van der Waals surface area contributed by atoms with Crippen molar-refractivity contribution in [3.05, 3.63) is 58.9 Å². The van der Waals surface area contributed by atoms with Gasteiger partial charge in [-0.05, 0) is 105 Å². The van der Waals surface area contributed by atoms with E-state index in [2.05, 4.69) is 0 Å². The molecule has 0 unspecified atom stereocenters. The van der Waals surface area contributed by atoms with Crippen LogP contribution in [-0.2, 0) is 0 Å². The van der Waals surface area contributed by atoms with E-state index in [1.165, 1.54) is 6.07 Å². The monoisotopic (exact) mass is 476 g/mol. The molecule has 2 aromatic carbocycles. The van der Waals surface area contributed by atoms with Crippen LogP contribution in [0.2, 0.25) is 0 Å². The lowest BCUT2D eigenvalue weighted by molar-refractivity contribution is 0.180. The average molecular weight is 477 g/mol. The highest BCUT2D eigenvalue weighted by molar-refractivity contribution is 5.34. The lowest BCUT2D eigenvalue weighted by atomic mass is 9.78. The van der Waals surface area contributed by atoms with Gasteiger partial charge in [0, 0.05) is 12.7 Å². The Bertz CT molecular complexity index is 948. The van der Waals surface area contributed by atoms with Crippen molar-refractivity contribution in [3.8, 4) is 11.5 Å². The van der Waals surface area contributed by atoms with Crippen molar-refractivity contribution >= 4 is 0 Å². The molecule has 0 radical (unpaired) electrons. The van der Waals surface area contributed by atoms with E-state index in [1.54, 1.807) is 12.1 Å². The summed E-state index contributed by atoms with van der Waals surface area (Å²) in [6.07, 6.45) is 6.59. The van der Waals surface area contributed by atoms with Gasteiger partial charge in [0.15, 0.2) is 11.6 Å². The van der Waals surface area contributed by atoms with Gasteiger partial charge >= 0.3 is 0 Å². The molecule has 0 aliphatic heterocycles. The predicted molar refractivity (Wildman–Crippen MR) is 126 cm³/mol. The number of hydrogen-bond acceptors (Lipinski definition) is 3. The molecule has 34 heavy (non-hydrogen) atoms. The molecule has 2 aliphatic carbocycles. The zero-order valence-electron chi connectivity index (χ0n) is 19.9. The summed E-state index contributed by atoms with van der Waals surface area (Å²) in [5.74, 6) is -0.787. The molecular weight excluding hydrogens is 441 g/mol. The quantitative estimate of drug-likeness (QED) is 0.441. The predicted octanol–water partition coefficient (Wildman–Crippen LogP) is 7.12. The van der Waals surface area contributed by atoms with Crippen LogP contribution in [0, 0.1) is 29.3 Å². The Labute approximate surface area is 200 Å². The maximum atomic E-state index is 14.8. The van der Waals surface area contributed by atoms with E-state index >= 15 is 0 Å². The first-order valence-electron chi connectivity index (χ1n) is 12.6. The van der Waals surface area contributed by atoms with Crippen LogP contribution in [-0.4, -0.2) is 24.9 Å². The molecule has 186 valence electrons. The molecule has 0 spiro atoms. The van der Waals surface area contributed by atoms with E-state index in [0.29, 0.717) is 24.5 Å². The molecular formula is C28H35F3O3. The number of hydrogen-bond donors (Lipinski definition) is 1. The highest BCUT2D eigenvalue weighted by Gasteiger charge is 2.28. The summed E-state index contributed by atoms with van der Waals surface area (Å²) in [5.41, 5.74) is 1.14. The first-order valence-corrected chi connectivity index (χ1v) is 12.6. The molecule has 2 saturated carbocycles. The Kier molecular flexibility index (Phi) is 8.41. The number of ether oxygens (including phenoxy) is 2. The second kappa shape index (κ2) is 11.5. The van der Waals surface area contributed by atoms with Gasteiger partial charge in [0.05, 0.1) is 13.2 Å². The zero-order valence-corrected chi connectivity index (χ0v) is 19.9. The SMILES string of the molecule is CCOc1ccc(C2CCC(COc3ccc(C4CCC(CO)CC4)c(F)c3F)CC2)c(F)c1. The Morgan fingerprint density at radius 3 is 2.00 bits per heavy atom. The molecule has 0 heterocycles. The Morgan fingerprint density at radius 1 is 0.765 bits per heavy atom. The zero-order chi connectivity index (χ0) is 24.1. The number of halogens is 3. The normalized spacial score (nSPS) is 25.2. The number of benzene rings is 2. The van der Waals surface area contributed by atoms with Crippen molar-refractivity contribution in [3.63, 3.8) is 0 Å². The summed E-state index contributed by atoms with van der Waals surface area (Å²) in [6.45, 7) is 2.86. The van der Waals surface area contributed by atoms with E-state index in [0.717, 1.165) is 56.9 Å². The molecule has 4 rings (SSSR count). The maximum Gasteiger partial charge on any atom is 0.200 e. The van der Waals surface area contributed by atoms with Gasteiger partial charge in [-0.3, -0.25) is 0 Å². The molecule has 2 fully saturated rings. The summed E-state index contributed by atoms with van der Waals surface area (Å²) in [5, 5.41) is 9.29. The van der Waals surface area contributed by atoms with Crippen LogP contribution in [0.5, 0.6) is 11.5 Å². The largest absolute Gasteiger partial charge is 0.494 e. The molecule has 0 bridgehead atoms. The van der Waals surface area contributed by atoms with Gasteiger partial charge in [-0.15, -0.1) is 0 Å². The summed E-state index contributed by atoms with van der Waals surface area (Å²) >= 11 is 0. The fourth-order valence-electron chi connectivity index (χ4n) is 5.57. The van der Waals surface area contributed by atoms with Crippen LogP contribution in [0.25, 0.3) is 0 Å². The Hall–Kier alpha value is -2.21. The summed E-state index contributed by atoms with van der Waals surface area (Å²) in [6, 6.07) is 8.29. The van der Waals surface area contributed by atoms with Gasteiger partial charge in [0.25, 0.3) is 0 Å². The average Bonchev–Trinajstić information content (AvgIpc) is 2.86. The van der Waals surface area contributed by atoms with Crippen molar-refractivity contribution in [1.29, 1.82) is 0 Å². The van der Waals surface area contributed by atoms with Gasteiger partial charge in [-0.25, -0.2) is 8.78 Å². The van der Waals surface area contributed by atoms with Crippen LogP contribution in [0.1, 0.15) is 81.3 Å². The Morgan fingerprint density at radius 2 is 1.38 bits per heavy atom. The molecule has 1 N–H and O–H groups in total. The summed E-state index contributed by atoms with van der Waals surface area (Å²) in [7, 11) is 0. The van der Waals surface area contributed by atoms with E-state index in [9.17, 15) is 18.3 Å². The highest BCUT2D eigenvalue weighted by Crippen LogP contribution is 2.40. The van der Waals surface area contributed by atoms with Crippen LogP contribution < -0.4 is 9.47 Å². The van der Waals surface area contributed by atoms with E-state index < -0.39 is 11.6 Å². The fourth-order valence-corrected chi connectivity index (χ4v) is 5.57. The minimum absolute atomic E-state index is 0.00961. The van der Waals surface area contributed by atoms with E-state index in [1.807, 2.05) is 19.1 Å². The van der Waals surface area contributed by atoms with Gasteiger partial charge in [-0.2, -0.15) is 4.39 Å². The van der Waals surface area contributed by atoms with Crippen LogP contribution in [0.3, 0.4) is 0 Å². The first kappa shape index (κ1) is 24.9. The van der Waals surface area contributed by atoms with Gasteiger partial charge in [-0.1, -0.05) is 12.1 Å². The minimum atomic E-state index is -0.910. The second-order valence-corrected chi connectivity index (χ2v) is 9.83. The van der Waals surface area contributed by atoms with Crippen LogP contribution in [0.15, 0.2) is 30.3 Å². The van der Waals surface area contributed by atoms with Crippen molar-refractivity contribution in [2.45, 2.75) is 70.1 Å². The van der Waals surface area contributed by atoms with Gasteiger partial charge in [0.1, 0.15) is 11.6 Å². The molecule has 0 atom stereocenters. The highest BCUT2D eigenvalue weighted by atomic mass is 19.2. The molecule has 0 saturated heterocycles. The molecule has 0 aromatic heterocycles.